The van der Waals surface area contributed by atoms with E-state index in [0.29, 0.717) is 11.1 Å². The largest absolute Gasteiger partial charge is 0.388 e. The molecule has 0 aliphatic carbocycles. The minimum Gasteiger partial charge on any atom is -0.388 e. The molecule has 4 atom stereocenters. The molecule has 1 heterocycles. The Morgan fingerprint density at radius 1 is 0.913 bits per heavy atom. The zero-order valence-electron chi connectivity index (χ0n) is 12.5. The summed E-state index contributed by atoms with van der Waals surface area (Å²) in [6.45, 7) is -0.274. The third kappa shape index (κ3) is 2.67. The summed E-state index contributed by atoms with van der Waals surface area (Å²) in [6, 6.07) is 17.4. The average molecular weight is 316 g/mol. The van der Waals surface area contributed by atoms with Gasteiger partial charge in [0, 0.05) is 12.0 Å². The molecule has 0 aromatic heterocycles. The van der Waals surface area contributed by atoms with E-state index < -0.39 is 23.6 Å². The molecule has 0 radical (unpaired) electrons. The van der Waals surface area contributed by atoms with Gasteiger partial charge in [-0.1, -0.05) is 60.7 Å². The van der Waals surface area contributed by atoms with Crippen LogP contribution in [-0.4, -0.2) is 44.8 Å². The maximum atomic E-state index is 11.2. The van der Waals surface area contributed by atoms with Crippen LogP contribution in [-0.2, 0) is 16.9 Å². The molecule has 5 heteroatoms. The Kier molecular flexibility index (Phi) is 4.23. The Bertz CT molecular complexity index is 647. The van der Waals surface area contributed by atoms with E-state index in [1.807, 2.05) is 6.07 Å². The molecule has 4 N–H and O–H groups in total. The minimum atomic E-state index is -2.12. The first-order chi connectivity index (χ1) is 11.0. The monoisotopic (exact) mass is 316 g/mol. The maximum Gasteiger partial charge on any atom is 0.225 e. The Labute approximate surface area is 134 Å². The van der Waals surface area contributed by atoms with Crippen molar-refractivity contribution in [1.82, 2.24) is 0 Å². The van der Waals surface area contributed by atoms with Gasteiger partial charge < -0.3 is 25.2 Å². The second-order valence-electron chi connectivity index (χ2n) is 5.92. The van der Waals surface area contributed by atoms with E-state index in [2.05, 4.69) is 0 Å². The Hall–Kier alpha value is -1.76. The summed E-state index contributed by atoms with van der Waals surface area (Å²) in [7, 11) is 0. The number of aliphatic hydroxyl groups is 4. The number of aliphatic hydroxyl groups excluding tert-OH is 2. The summed E-state index contributed by atoms with van der Waals surface area (Å²) >= 11 is 0. The van der Waals surface area contributed by atoms with E-state index in [1.54, 1.807) is 54.6 Å². The van der Waals surface area contributed by atoms with Crippen LogP contribution >= 0.6 is 0 Å². The molecule has 0 amide bonds. The van der Waals surface area contributed by atoms with Gasteiger partial charge in [0.05, 0.1) is 6.61 Å². The van der Waals surface area contributed by atoms with Gasteiger partial charge in [-0.15, -0.1) is 0 Å². The Morgan fingerprint density at radius 3 is 2.09 bits per heavy atom. The standard InChI is InChI=1S/C18H20O5/c19-15-12-23-18(22,14-9-5-2-6-10-14)17(21,16(15)20)11-13-7-3-1-4-8-13/h1-10,15-16,19-22H,11-12H2/t15-,16+,17-,18?/m1/s1. The molecule has 5 nitrogen and oxygen atoms in total. The first-order valence-electron chi connectivity index (χ1n) is 7.52. The van der Waals surface area contributed by atoms with Crippen molar-refractivity contribution >= 4 is 0 Å². The van der Waals surface area contributed by atoms with Crippen molar-refractivity contribution < 1.29 is 25.2 Å². The van der Waals surface area contributed by atoms with Gasteiger partial charge in [0.1, 0.15) is 12.2 Å². The predicted molar refractivity (Wildman–Crippen MR) is 83.4 cm³/mol. The third-order valence-corrected chi connectivity index (χ3v) is 4.39. The van der Waals surface area contributed by atoms with Crippen LogP contribution in [0.15, 0.2) is 60.7 Å². The van der Waals surface area contributed by atoms with Crippen molar-refractivity contribution in [2.45, 2.75) is 30.0 Å². The SMILES string of the molecule is O[C@@H]1COC(O)(c2ccccc2)[C@@](O)(Cc2ccccc2)[C@H]1O. The van der Waals surface area contributed by atoms with Gasteiger partial charge in [0.2, 0.25) is 5.79 Å². The molecule has 0 saturated carbocycles. The number of rotatable bonds is 3. The summed E-state index contributed by atoms with van der Waals surface area (Å²) in [5.41, 5.74) is -1.06. The van der Waals surface area contributed by atoms with Crippen LogP contribution < -0.4 is 0 Å². The zero-order valence-corrected chi connectivity index (χ0v) is 12.5. The van der Waals surface area contributed by atoms with Crippen molar-refractivity contribution in [3.63, 3.8) is 0 Å². The molecule has 122 valence electrons. The van der Waals surface area contributed by atoms with Crippen molar-refractivity contribution in [1.29, 1.82) is 0 Å². The van der Waals surface area contributed by atoms with Crippen LogP contribution in [0.3, 0.4) is 0 Å². The molecule has 23 heavy (non-hydrogen) atoms. The first-order valence-corrected chi connectivity index (χ1v) is 7.52. The van der Waals surface area contributed by atoms with Gasteiger partial charge in [-0.05, 0) is 5.56 Å². The lowest BCUT2D eigenvalue weighted by Gasteiger charge is -2.50. The molecule has 2 aromatic carbocycles. The van der Waals surface area contributed by atoms with E-state index in [0.717, 1.165) is 0 Å². The third-order valence-electron chi connectivity index (χ3n) is 4.39. The van der Waals surface area contributed by atoms with Crippen molar-refractivity contribution in [3.8, 4) is 0 Å². The van der Waals surface area contributed by atoms with E-state index in [9.17, 15) is 20.4 Å². The number of hydrogen-bond acceptors (Lipinski definition) is 5. The van der Waals surface area contributed by atoms with Gasteiger partial charge in [-0.3, -0.25) is 0 Å². The summed E-state index contributed by atoms with van der Waals surface area (Å²) < 4.78 is 5.42. The summed E-state index contributed by atoms with van der Waals surface area (Å²) in [4.78, 5) is 0. The maximum absolute atomic E-state index is 11.2. The number of ether oxygens (including phenoxy) is 1. The first kappa shape index (κ1) is 16.1. The van der Waals surface area contributed by atoms with Crippen LogP contribution in [0.25, 0.3) is 0 Å². The van der Waals surface area contributed by atoms with Gasteiger partial charge in [-0.2, -0.15) is 0 Å². The number of hydrogen-bond donors (Lipinski definition) is 4. The lowest BCUT2D eigenvalue weighted by Crippen LogP contribution is -2.69. The molecule has 1 aliphatic heterocycles. The molecule has 2 aromatic rings. The van der Waals surface area contributed by atoms with Crippen LogP contribution in [0.1, 0.15) is 11.1 Å². The van der Waals surface area contributed by atoms with E-state index in [4.69, 9.17) is 4.74 Å². The lowest BCUT2D eigenvalue weighted by molar-refractivity contribution is -0.375. The predicted octanol–water partition coefficient (Wildman–Crippen LogP) is 0.558. The van der Waals surface area contributed by atoms with Crippen LogP contribution in [0, 0.1) is 0 Å². The van der Waals surface area contributed by atoms with E-state index >= 15 is 0 Å². The molecule has 1 aliphatic rings. The van der Waals surface area contributed by atoms with Gasteiger partial charge in [0.15, 0.2) is 5.60 Å². The van der Waals surface area contributed by atoms with E-state index in [-0.39, 0.29) is 13.0 Å². The molecule has 0 bridgehead atoms. The second kappa shape index (κ2) is 6.03. The zero-order chi connectivity index (χ0) is 16.5. The second-order valence-corrected chi connectivity index (χ2v) is 5.92. The van der Waals surface area contributed by atoms with Crippen molar-refractivity contribution in [2.75, 3.05) is 6.61 Å². The molecule has 1 saturated heterocycles. The highest BCUT2D eigenvalue weighted by Crippen LogP contribution is 2.43. The fourth-order valence-corrected chi connectivity index (χ4v) is 3.07. The quantitative estimate of drug-likeness (QED) is 0.664. The van der Waals surface area contributed by atoms with Crippen molar-refractivity contribution in [2.24, 2.45) is 0 Å². The summed E-state index contributed by atoms with van der Waals surface area (Å²) in [6.07, 6.45) is -2.91. The summed E-state index contributed by atoms with van der Waals surface area (Å²) in [5.74, 6) is -2.12. The van der Waals surface area contributed by atoms with Crippen LogP contribution in [0.4, 0.5) is 0 Å². The smallest absolute Gasteiger partial charge is 0.225 e. The molecule has 1 unspecified atom stereocenters. The highest BCUT2D eigenvalue weighted by Gasteiger charge is 2.61. The molecule has 3 rings (SSSR count). The van der Waals surface area contributed by atoms with E-state index in [1.165, 1.54) is 0 Å². The molecular formula is C18H20O5. The molecule has 1 fully saturated rings. The highest BCUT2D eigenvalue weighted by atomic mass is 16.7. The van der Waals surface area contributed by atoms with Gasteiger partial charge in [-0.25, -0.2) is 0 Å². The highest BCUT2D eigenvalue weighted by molar-refractivity contribution is 5.29. The topological polar surface area (TPSA) is 90.2 Å². The fraction of sp³-hybridized carbons (Fsp3) is 0.333. The Balaban J connectivity index is 2.06. The Morgan fingerprint density at radius 2 is 1.48 bits per heavy atom. The van der Waals surface area contributed by atoms with Crippen molar-refractivity contribution in [3.05, 3.63) is 71.8 Å². The van der Waals surface area contributed by atoms with Gasteiger partial charge in [0.25, 0.3) is 0 Å². The molecule has 0 spiro atoms. The van der Waals surface area contributed by atoms with Crippen LogP contribution in [0.2, 0.25) is 0 Å². The normalized spacial score (nSPS) is 34.3. The molecular weight excluding hydrogens is 296 g/mol. The fourth-order valence-electron chi connectivity index (χ4n) is 3.07. The minimum absolute atomic E-state index is 0.0720. The average Bonchev–Trinajstić information content (AvgIpc) is 2.59. The lowest BCUT2D eigenvalue weighted by atomic mass is 9.74. The number of benzene rings is 2. The van der Waals surface area contributed by atoms with Crippen LogP contribution in [0.5, 0.6) is 0 Å². The summed E-state index contributed by atoms with van der Waals surface area (Å²) in [5, 5.41) is 42.6. The van der Waals surface area contributed by atoms with Gasteiger partial charge >= 0.3 is 0 Å².